The zero-order valence-corrected chi connectivity index (χ0v) is 27.7. The molecule has 0 spiro atoms. The van der Waals surface area contributed by atoms with Crippen LogP contribution >= 0.6 is 0 Å². The predicted octanol–water partition coefficient (Wildman–Crippen LogP) is 10.7. The molecule has 0 bridgehead atoms. The summed E-state index contributed by atoms with van der Waals surface area (Å²) >= 11 is 0. The van der Waals surface area contributed by atoms with Crippen LogP contribution in [0.25, 0.3) is 44.4 Å². The number of hydrogen-bond donors (Lipinski definition) is 0. The molecule has 230 valence electrons. The van der Waals surface area contributed by atoms with Gasteiger partial charge in [0.1, 0.15) is 17.3 Å². The van der Waals surface area contributed by atoms with Crippen molar-refractivity contribution in [2.75, 3.05) is 0 Å². The van der Waals surface area contributed by atoms with Gasteiger partial charge in [-0.25, -0.2) is 9.67 Å². The van der Waals surface area contributed by atoms with Crippen LogP contribution in [-0.4, -0.2) is 19.3 Å². The number of nitrogens with zero attached hydrogens (tertiary/aromatic N) is 4. The van der Waals surface area contributed by atoms with Gasteiger partial charge >= 0.3 is 0 Å². The molecule has 5 heteroatoms. The van der Waals surface area contributed by atoms with E-state index in [0.717, 1.165) is 46.0 Å². The Morgan fingerprint density at radius 2 is 1.52 bits per heavy atom. The van der Waals surface area contributed by atoms with Crippen LogP contribution < -0.4 is 4.74 Å². The van der Waals surface area contributed by atoms with Crippen LogP contribution in [0.2, 0.25) is 0 Å². The number of pyridine rings is 1. The van der Waals surface area contributed by atoms with Crippen LogP contribution in [0.3, 0.4) is 0 Å². The van der Waals surface area contributed by atoms with Crippen LogP contribution in [0.5, 0.6) is 11.5 Å². The summed E-state index contributed by atoms with van der Waals surface area (Å²) in [4.78, 5) is 4.78. The van der Waals surface area contributed by atoms with E-state index < -0.39 is 0 Å². The Bertz CT molecular complexity index is 2230. The van der Waals surface area contributed by atoms with Gasteiger partial charge in [0.15, 0.2) is 0 Å². The first kappa shape index (κ1) is 29.5. The van der Waals surface area contributed by atoms with Crippen LogP contribution in [0.15, 0.2) is 97.5 Å². The van der Waals surface area contributed by atoms with E-state index in [-0.39, 0.29) is 0 Å². The lowest BCUT2D eigenvalue weighted by Gasteiger charge is -2.15. The van der Waals surface area contributed by atoms with E-state index in [1.807, 2.05) is 17.1 Å². The number of aryl methyl sites for hydroxylation is 3. The maximum atomic E-state index is 6.66. The molecule has 0 saturated carbocycles. The summed E-state index contributed by atoms with van der Waals surface area (Å²) in [5.74, 6) is 2.79. The quantitative estimate of drug-likeness (QED) is 0.182. The van der Waals surface area contributed by atoms with Gasteiger partial charge < -0.3 is 4.74 Å². The second kappa shape index (κ2) is 11.6. The van der Waals surface area contributed by atoms with E-state index >= 15 is 0 Å². The first-order chi connectivity index (χ1) is 22.2. The number of fused-ring (bicyclic) bond motifs is 3. The minimum atomic E-state index is 0.322. The number of hydrogen-bond acceptors (Lipinski definition) is 3. The predicted molar refractivity (Wildman–Crippen MR) is 190 cm³/mol. The van der Waals surface area contributed by atoms with Crippen molar-refractivity contribution in [1.82, 2.24) is 19.3 Å². The molecule has 3 aromatic heterocycles. The Kier molecular flexibility index (Phi) is 7.48. The van der Waals surface area contributed by atoms with Crippen molar-refractivity contribution in [2.45, 2.75) is 60.8 Å². The van der Waals surface area contributed by atoms with Crippen molar-refractivity contribution >= 4 is 21.8 Å². The van der Waals surface area contributed by atoms with Crippen LogP contribution in [0.4, 0.5) is 0 Å². The van der Waals surface area contributed by atoms with Gasteiger partial charge in [-0.15, -0.1) is 0 Å². The maximum absolute atomic E-state index is 6.66. The van der Waals surface area contributed by atoms with E-state index in [1.165, 1.54) is 49.7 Å². The molecule has 3 heterocycles. The smallest absolute Gasteiger partial charge is 0.137 e. The molecular weight excluding hydrogens is 564 g/mol. The number of rotatable bonds is 7. The average molecular weight is 605 g/mol. The summed E-state index contributed by atoms with van der Waals surface area (Å²) in [5.41, 5.74) is 13.2. The van der Waals surface area contributed by atoms with Crippen molar-refractivity contribution < 1.29 is 4.74 Å². The van der Waals surface area contributed by atoms with Gasteiger partial charge in [-0.3, -0.25) is 4.57 Å². The van der Waals surface area contributed by atoms with Gasteiger partial charge in [0.25, 0.3) is 0 Å². The Labute approximate surface area is 271 Å². The largest absolute Gasteiger partial charge is 0.457 e. The number of benzene rings is 4. The fourth-order valence-electron chi connectivity index (χ4n) is 6.57. The highest BCUT2D eigenvalue weighted by Gasteiger charge is 2.17. The Hall–Kier alpha value is -5.16. The highest BCUT2D eigenvalue weighted by Crippen LogP contribution is 2.37. The molecule has 7 rings (SSSR count). The molecule has 0 fully saturated rings. The molecule has 0 aliphatic carbocycles. The molecule has 0 radical (unpaired) electrons. The lowest BCUT2D eigenvalue weighted by Crippen LogP contribution is -1.99. The van der Waals surface area contributed by atoms with Crippen LogP contribution in [-0.2, 0) is 6.42 Å². The molecule has 0 amide bonds. The normalized spacial score (nSPS) is 11.7. The third-order valence-electron chi connectivity index (χ3n) is 9.41. The van der Waals surface area contributed by atoms with Gasteiger partial charge in [-0.2, -0.15) is 5.10 Å². The van der Waals surface area contributed by atoms with E-state index in [4.69, 9.17) is 14.8 Å². The molecule has 0 N–H and O–H groups in total. The minimum Gasteiger partial charge on any atom is -0.457 e. The number of aromatic nitrogens is 4. The lowest BCUT2D eigenvalue weighted by atomic mass is 9.91. The zero-order chi connectivity index (χ0) is 32.1. The Morgan fingerprint density at radius 3 is 2.28 bits per heavy atom. The van der Waals surface area contributed by atoms with Crippen LogP contribution in [0.1, 0.15) is 60.1 Å². The fraction of sp³-hybridized carbons (Fsp3) is 0.220. The first-order valence-corrected chi connectivity index (χ1v) is 16.2. The van der Waals surface area contributed by atoms with E-state index in [9.17, 15) is 0 Å². The summed E-state index contributed by atoms with van der Waals surface area (Å²) in [6, 6.07) is 27.8. The monoisotopic (exact) mass is 604 g/mol. The lowest BCUT2D eigenvalue weighted by molar-refractivity contribution is 0.481. The minimum absolute atomic E-state index is 0.322. The molecule has 5 nitrogen and oxygen atoms in total. The molecular formula is C41H40N4O. The molecule has 4 aromatic carbocycles. The molecule has 46 heavy (non-hydrogen) atoms. The van der Waals surface area contributed by atoms with Crippen molar-refractivity contribution in [3.63, 3.8) is 0 Å². The molecule has 0 unspecified atom stereocenters. The average Bonchev–Trinajstić information content (AvgIpc) is 3.67. The van der Waals surface area contributed by atoms with Gasteiger partial charge in [-0.1, -0.05) is 45.0 Å². The molecule has 7 aromatic rings. The van der Waals surface area contributed by atoms with Crippen molar-refractivity contribution in [3.05, 3.63) is 131 Å². The van der Waals surface area contributed by atoms with Gasteiger partial charge in [0.2, 0.25) is 0 Å². The third-order valence-corrected chi connectivity index (χ3v) is 9.41. The second-order valence-corrected chi connectivity index (χ2v) is 12.7. The Balaban J connectivity index is 1.31. The maximum Gasteiger partial charge on any atom is 0.137 e. The standard InChI is InChI=1S/C41H40N4O/c1-8-30-15-16-42-40(18-30)45-38-12-10-9-11-36(38)37-14-13-34(22-39(37)45)46-35-20-31(25(2)3)19-33(21-35)44-24-32(23-43-44)41-28(6)26(4)17-27(5)29(41)7/h9-25H,8H2,1-7H3. The number of para-hydroxylation sites is 1. The third kappa shape index (κ3) is 5.16. The fourth-order valence-corrected chi connectivity index (χ4v) is 6.57. The Morgan fingerprint density at radius 1 is 0.761 bits per heavy atom. The van der Waals surface area contributed by atoms with E-state index in [2.05, 4.69) is 138 Å². The number of ether oxygens (including phenoxy) is 1. The van der Waals surface area contributed by atoms with Crippen molar-refractivity contribution in [1.29, 1.82) is 0 Å². The summed E-state index contributed by atoms with van der Waals surface area (Å²) < 4.78 is 10.9. The molecule has 0 aliphatic rings. The van der Waals surface area contributed by atoms with E-state index in [0.29, 0.717) is 5.92 Å². The summed E-state index contributed by atoms with van der Waals surface area (Å²) in [6.45, 7) is 15.4. The topological polar surface area (TPSA) is 44.9 Å². The highest BCUT2D eigenvalue weighted by molar-refractivity contribution is 6.09. The zero-order valence-electron chi connectivity index (χ0n) is 27.7. The van der Waals surface area contributed by atoms with Crippen LogP contribution in [0, 0.1) is 27.7 Å². The first-order valence-electron chi connectivity index (χ1n) is 16.2. The molecule has 0 atom stereocenters. The van der Waals surface area contributed by atoms with Crippen molar-refractivity contribution in [3.8, 4) is 34.1 Å². The van der Waals surface area contributed by atoms with Gasteiger partial charge in [0, 0.05) is 40.9 Å². The van der Waals surface area contributed by atoms with Gasteiger partial charge in [-0.05, 0) is 121 Å². The second-order valence-electron chi connectivity index (χ2n) is 12.7. The molecule has 0 aliphatic heterocycles. The highest BCUT2D eigenvalue weighted by atomic mass is 16.5. The van der Waals surface area contributed by atoms with Gasteiger partial charge in [0.05, 0.1) is 22.9 Å². The summed E-state index contributed by atoms with van der Waals surface area (Å²) in [7, 11) is 0. The molecule has 0 saturated heterocycles. The van der Waals surface area contributed by atoms with E-state index in [1.54, 1.807) is 0 Å². The SMILES string of the molecule is CCc1ccnc(-n2c3ccccc3c3ccc(Oc4cc(C(C)C)cc(-n5cc(-c6c(C)c(C)cc(C)c6C)cn5)c4)cc32)c1. The summed E-state index contributed by atoms with van der Waals surface area (Å²) in [5, 5.41) is 7.19. The summed E-state index contributed by atoms with van der Waals surface area (Å²) in [6.07, 6.45) is 6.97. The van der Waals surface area contributed by atoms with Crippen molar-refractivity contribution in [2.24, 2.45) is 0 Å².